The second kappa shape index (κ2) is 4.21. The van der Waals surface area contributed by atoms with Crippen molar-refractivity contribution in [3.05, 3.63) is 26.9 Å². The van der Waals surface area contributed by atoms with Gasteiger partial charge < -0.3 is 5.73 Å². The van der Waals surface area contributed by atoms with Gasteiger partial charge in [0, 0.05) is 14.2 Å². The molecular weight excluding hydrogens is 234 g/mol. The van der Waals surface area contributed by atoms with Gasteiger partial charge >= 0.3 is 0 Å². The average Bonchev–Trinajstić information content (AvgIpc) is 2.30. The van der Waals surface area contributed by atoms with Gasteiger partial charge in [0.15, 0.2) is 0 Å². The molecule has 0 amide bonds. The van der Waals surface area contributed by atoms with Gasteiger partial charge in [-0.15, -0.1) is 11.3 Å². The third kappa shape index (κ3) is 2.19. The van der Waals surface area contributed by atoms with Crippen molar-refractivity contribution in [3.63, 3.8) is 0 Å². The lowest BCUT2D eigenvalue weighted by atomic mass is 10.2. The van der Waals surface area contributed by atoms with Crippen LogP contribution >= 0.6 is 27.3 Å². The first kappa shape index (κ1) is 9.96. The predicted molar refractivity (Wildman–Crippen MR) is 59.5 cm³/mol. The van der Waals surface area contributed by atoms with Gasteiger partial charge in [0.25, 0.3) is 0 Å². The van der Waals surface area contributed by atoms with Crippen molar-refractivity contribution in [1.29, 1.82) is 0 Å². The van der Waals surface area contributed by atoms with Gasteiger partial charge in [-0.2, -0.15) is 0 Å². The van der Waals surface area contributed by atoms with Crippen LogP contribution in [0.15, 0.2) is 17.1 Å². The van der Waals surface area contributed by atoms with Gasteiger partial charge in [0.05, 0.1) is 0 Å². The highest BCUT2D eigenvalue weighted by molar-refractivity contribution is 9.10. The third-order valence-electron chi connectivity index (χ3n) is 1.58. The molecule has 3 heteroatoms. The van der Waals surface area contributed by atoms with Crippen molar-refractivity contribution < 1.29 is 0 Å². The van der Waals surface area contributed by atoms with Crippen LogP contribution in [0.3, 0.4) is 0 Å². The topological polar surface area (TPSA) is 26.0 Å². The molecule has 0 unspecified atom stereocenters. The van der Waals surface area contributed by atoms with Crippen molar-refractivity contribution in [3.8, 4) is 0 Å². The van der Waals surface area contributed by atoms with Crippen LogP contribution in [0.5, 0.6) is 0 Å². The Hall–Kier alpha value is -0.120. The molecule has 0 fully saturated rings. The van der Waals surface area contributed by atoms with Gasteiger partial charge in [-0.05, 0) is 47.5 Å². The maximum absolute atomic E-state index is 5.45. The number of rotatable bonds is 3. The van der Waals surface area contributed by atoms with Crippen molar-refractivity contribution >= 4 is 32.8 Å². The molecule has 12 heavy (non-hydrogen) atoms. The molecule has 0 aliphatic carbocycles. The standard InChI is InChI=1S/C9H12BrNS/c1-6(3-4-11)9-8(10)5-7(2)12-9/h5H,1,3-4,11H2,2H3. The fraction of sp³-hybridized carbons (Fsp3) is 0.333. The normalized spacial score (nSPS) is 10.2. The summed E-state index contributed by atoms with van der Waals surface area (Å²) in [6.07, 6.45) is 0.874. The lowest BCUT2D eigenvalue weighted by Crippen LogP contribution is -1.98. The number of aryl methyl sites for hydroxylation is 1. The number of halogens is 1. The van der Waals surface area contributed by atoms with Crippen molar-refractivity contribution in [2.24, 2.45) is 5.73 Å². The van der Waals surface area contributed by atoms with E-state index in [1.165, 1.54) is 9.75 Å². The van der Waals surface area contributed by atoms with E-state index < -0.39 is 0 Å². The van der Waals surface area contributed by atoms with E-state index >= 15 is 0 Å². The molecule has 0 saturated carbocycles. The Morgan fingerprint density at radius 2 is 2.42 bits per heavy atom. The summed E-state index contributed by atoms with van der Waals surface area (Å²) in [6, 6.07) is 2.11. The second-order valence-electron chi connectivity index (χ2n) is 2.68. The molecule has 0 radical (unpaired) electrons. The zero-order chi connectivity index (χ0) is 9.14. The van der Waals surface area contributed by atoms with Crippen LogP contribution in [0.25, 0.3) is 5.57 Å². The van der Waals surface area contributed by atoms with Crippen LogP contribution in [0.1, 0.15) is 16.2 Å². The summed E-state index contributed by atoms with van der Waals surface area (Å²) in [5, 5.41) is 0. The third-order valence-corrected chi connectivity index (χ3v) is 3.62. The van der Waals surface area contributed by atoms with Crippen LogP contribution in [0, 0.1) is 6.92 Å². The highest BCUT2D eigenvalue weighted by Gasteiger charge is 2.06. The molecule has 0 aromatic carbocycles. The van der Waals surface area contributed by atoms with Crippen molar-refractivity contribution in [2.45, 2.75) is 13.3 Å². The minimum absolute atomic E-state index is 0.669. The Kier molecular flexibility index (Phi) is 3.50. The van der Waals surface area contributed by atoms with Gasteiger partial charge in [-0.25, -0.2) is 0 Å². The monoisotopic (exact) mass is 245 g/mol. The summed E-state index contributed by atoms with van der Waals surface area (Å²) < 4.78 is 1.14. The number of thiophene rings is 1. The Labute approximate surface area is 85.4 Å². The molecule has 0 aliphatic heterocycles. The molecular formula is C9H12BrNS. The van der Waals surface area contributed by atoms with E-state index in [9.17, 15) is 0 Å². The minimum atomic E-state index is 0.669. The fourth-order valence-corrected chi connectivity index (χ4v) is 2.93. The molecule has 0 aliphatic rings. The SMILES string of the molecule is C=C(CCN)c1sc(C)cc1Br. The Bertz CT molecular complexity index is 291. The molecule has 1 aromatic heterocycles. The summed E-state index contributed by atoms with van der Waals surface area (Å²) >= 11 is 5.26. The highest BCUT2D eigenvalue weighted by atomic mass is 79.9. The molecule has 1 rings (SSSR count). The molecule has 1 aromatic rings. The van der Waals surface area contributed by atoms with E-state index in [0.29, 0.717) is 6.54 Å². The van der Waals surface area contributed by atoms with E-state index in [0.717, 1.165) is 16.5 Å². The van der Waals surface area contributed by atoms with Crippen LogP contribution in [-0.2, 0) is 0 Å². The van der Waals surface area contributed by atoms with Gasteiger partial charge in [0.1, 0.15) is 0 Å². The van der Waals surface area contributed by atoms with Gasteiger partial charge in [-0.1, -0.05) is 6.58 Å². The van der Waals surface area contributed by atoms with Crippen LogP contribution in [0.2, 0.25) is 0 Å². The first-order valence-electron chi connectivity index (χ1n) is 3.79. The quantitative estimate of drug-likeness (QED) is 0.870. The van der Waals surface area contributed by atoms with Gasteiger partial charge in [0.2, 0.25) is 0 Å². The van der Waals surface area contributed by atoms with Crippen LogP contribution < -0.4 is 5.73 Å². The highest BCUT2D eigenvalue weighted by Crippen LogP contribution is 2.33. The minimum Gasteiger partial charge on any atom is -0.330 e. The zero-order valence-electron chi connectivity index (χ0n) is 7.06. The molecule has 2 N–H and O–H groups in total. The first-order valence-corrected chi connectivity index (χ1v) is 5.40. The lowest BCUT2D eigenvalue weighted by Gasteiger charge is -2.00. The molecule has 0 spiro atoms. The summed E-state index contributed by atoms with van der Waals surface area (Å²) in [4.78, 5) is 2.54. The molecule has 1 heterocycles. The second-order valence-corrected chi connectivity index (χ2v) is 4.79. The molecule has 66 valence electrons. The smallest absolute Gasteiger partial charge is 0.0441 e. The Morgan fingerprint density at radius 1 is 1.75 bits per heavy atom. The van der Waals surface area contributed by atoms with Crippen molar-refractivity contribution in [2.75, 3.05) is 6.54 Å². The number of nitrogens with two attached hydrogens (primary N) is 1. The molecule has 1 nitrogen and oxygen atoms in total. The largest absolute Gasteiger partial charge is 0.330 e. The van der Waals surface area contributed by atoms with E-state index in [4.69, 9.17) is 5.73 Å². The van der Waals surface area contributed by atoms with E-state index in [1.54, 1.807) is 11.3 Å². The Morgan fingerprint density at radius 3 is 2.83 bits per heavy atom. The van der Waals surface area contributed by atoms with Crippen molar-refractivity contribution in [1.82, 2.24) is 0 Å². The Balaban J connectivity index is 2.87. The first-order chi connectivity index (χ1) is 5.65. The van der Waals surface area contributed by atoms with Crippen LogP contribution in [0.4, 0.5) is 0 Å². The summed E-state index contributed by atoms with van der Waals surface area (Å²) in [7, 11) is 0. The number of hydrogen-bond donors (Lipinski definition) is 1. The zero-order valence-corrected chi connectivity index (χ0v) is 9.46. The molecule has 0 saturated heterocycles. The number of hydrogen-bond acceptors (Lipinski definition) is 2. The average molecular weight is 246 g/mol. The fourth-order valence-electron chi connectivity index (χ4n) is 1.01. The maximum Gasteiger partial charge on any atom is 0.0441 e. The van der Waals surface area contributed by atoms with Gasteiger partial charge in [-0.3, -0.25) is 0 Å². The summed E-state index contributed by atoms with van der Waals surface area (Å²) in [6.45, 7) is 6.75. The summed E-state index contributed by atoms with van der Waals surface area (Å²) in [5.41, 5.74) is 6.58. The lowest BCUT2D eigenvalue weighted by molar-refractivity contribution is 1.03. The van der Waals surface area contributed by atoms with E-state index in [-0.39, 0.29) is 0 Å². The predicted octanol–water partition coefficient (Wildman–Crippen LogP) is 3.18. The maximum atomic E-state index is 5.45. The summed E-state index contributed by atoms with van der Waals surface area (Å²) in [5.74, 6) is 0. The molecule has 0 atom stereocenters. The van der Waals surface area contributed by atoms with E-state index in [2.05, 4.69) is 35.5 Å². The van der Waals surface area contributed by atoms with E-state index in [1.807, 2.05) is 0 Å². The van der Waals surface area contributed by atoms with Crippen LogP contribution in [-0.4, -0.2) is 6.54 Å². The molecule has 0 bridgehead atoms.